The number of carbonyl (C=O) groups is 3. The normalized spacial score (nSPS) is 16.9. The minimum absolute atomic E-state index is 0.0238. The Kier molecular flexibility index (Phi) is 6.97. The molecule has 164 valence electrons. The van der Waals surface area contributed by atoms with Crippen molar-refractivity contribution < 1.29 is 14.4 Å². The first kappa shape index (κ1) is 22.8. The van der Waals surface area contributed by atoms with Crippen molar-refractivity contribution in [3.63, 3.8) is 0 Å². The fraction of sp³-hybridized carbons (Fsp3) is 0.348. The van der Waals surface area contributed by atoms with Crippen molar-refractivity contribution in [3.05, 3.63) is 53.1 Å². The van der Waals surface area contributed by atoms with Crippen molar-refractivity contribution >= 4 is 46.4 Å². The van der Waals surface area contributed by atoms with E-state index in [1.165, 1.54) is 0 Å². The molecule has 8 heteroatoms. The zero-order chi connectivity index (χ0) is 22.7. The number of carbonyl (C=O) groups excluding carboxylic acids is 3. The molecule has 0 saturated heterocycles. The summed E-state index contributed by atoms with van der Waals surface area (Å²) in [4.78, 5) is 41.5. The van der Waals surface area contributed by atoms with Crippen molar-refractivity contribution in [1.29, 1.82) is 0 Å². The molecule has 2 N–H and O–H groups in total. The Morgan fingerprint density at radius 3 is 2.71 bits per heavy atom. The molecule has 1 aliphatic heterocycles. The van der Waals surface area contributed by atoms with Crippen LogP contribution in [-0.2, 0) is 14.4 Å². The molecule has 0 radical (unpaired) electrons. The number of fused-ring (bicyclic) bond motifs is 1. The van der Waals surface area contributed by atoms with Gasteiger partial charge in [-0.1, -0.05) is 29.8 Å². The molecule has 0 unspecified atom stereocenters. The van der Waals surface area contributed by atoms with Crippen LogP contribution in [0.15, 0.2) is 42.5 Å². The smallest absolute Gasteiger partial charge is 0.241 e. The minimum atomic E-state index is -0.556. The molecular formula is C23H27ClN4O3. The van der Waals surface area contributed by atoms with Gasteiger partial charge in [-0.05, 0) is 57.6 Å². The first-order chi connectivity index (χ1) is 14.7. The van der Waals surface area contributed by atoms with Gasteiger partial charge in [0, 0.05) is 23.2 Å². The van der Waals surface area contributed by atoms with E-state index in [2.05, 4.69) is 10.6 Å². The van der Waals surface area contributed by atoms with Crippen LogP contribution in [0.5, 0.6) is 0 Å². The largest absolute Gasteiger partial charge is 0.324 e. The molecule has 0 bridgehead atoms. The van der Waals surface area contributed by atoms with Gasteiger partial charge in [-0.25, -0.2) is 0 Å². The second-order valence-corrected chi connectivity index (χ2v) is 8.28. The molecule has 2 atom stereocenters. The summed E-state index contributed by atoms with van der Waals surface area (Å²) in [6.07, 6.45) is 0.203. The fourth-order valence-electron chi connectivity index (χ4n) is 3.57. The molecule has 0 saturated carbocycles. The van der Waals surface area contributed by atoms with E-state index in [4.69, 9.17) is 11.6 Å². The van der Waals surface area contributed by atoms with E-state index < -0.39 is 6.04 Å². The molecule has 3 rings (SSSR count). The number of hydrogen-bond acceptors (Lipinski definition) is 4. The zero-order valence-electron chi connectivity index (χ0n) is 18.1. The lowest BCUT2D eigenvalue weighted by Gasteiger charge is -2.31. The summed E-state index contributed by atoms with van der Waals surface area (Å²) in [6, 6.07) is 11.7. The van der Waals surface area contributed by atoms with Crippen LogP contribution in [0.4, 0.5) is 17.1 Å². The Morgan fingerprint density at radius 1 is 1.26 bits per heavy atom. The molecule has 1 heterocycles. The SMILES string of the molecule is Cc1c(Cl)cccc1NC(=O)[C@H](C)N(C)CC(=O)N1c2ccccc2NC(=O)C[C@@H]1C. The second kappa shape index (κ2) is 9.49. The monoisotopic (exact) mass is 442 g/mol. The Hall–Kier alpha value is -2.90. The highest BCUT2D eigenvalue weighted by atomic mass is 35.5. The van der Waals surface area contributed by atoms with Gasteiger partial charge in [-0.3, -0.25) is 19.3 Å². The molecule has 2 aromatic rings. The summed E-state index contributed by atoms with van der Waals surface area (Å²) < 4.78 is 0. The fourth-order valence-corrected chi connectivity index (χ4v) is 3.75. The number of benzene rings is 2. The number of likely N-dealkylation sites (N-methyl/N-ethyl adjacent to an activating group) is 1. The van der Waals surface area contributed by atoms with Gasteiger partial charge in [0.05, 0.1) is 24.0 Å². The Balaban J connectivity index is 1.72. The van der Waals surface area contributed by atoms with Gasteiger partial charge in [-0.2, -0.15) is 0 Å². The average Bonchev–Trinajstić information content (AvgIpc) is 2.84. The average molecular weight is 443 g/mol. The number of rotatable bonds is 5. The standard InChI is InChI=1S/C23H27ClN4O3/c1-14-12-21(29)25-19-9-5-6-11-20(19)28(14)22(30)13-27(4)16(3)23(31)26-18-10-7-8-17(24)15(18)2/h5-11,14,16H,12-13H2,1-4H3,(H,25,29)(H,26,31)/t14-,16-/m0/s1. The summed E-state index contributed by atoms with van der Waals surface area (Å²) in [5, 5.41) is 6.30. The lowest BCUT2D eigenvalue weighted by atomic mass is 10.1. The highest BCUT2D eigenvalue weighted by molar-refractivity contribution is 6.31. The van der Waals surface area contributed by atoms with Crippen molar-refractivity contribution in [2.24, 2.45) is 0 Å². The number of halogens is 1. The summed E-state index contributed by atoms with van der Waals surface area (Å²) >= 11 is 6.13. The maximum atomic E-state index is 13.2. The lowest BCUT2D eigenvalue weighted by molar-refractivity contribution is -0.123. The number of nitrogens with one attached hydrogen (secondary N) is 2. The third-order valence-corrected chi connectivity index (χ3v) is 5.99. The van der Waals surface area contributed by atoms with Crippen molar-refractivity contribution in [3.8, 4) is 0 Å². The van der Waals surface area contributed by atoms with E-state index >= 15 is 0 Å². The molecule has 3 amide bonds. The molecule has 31 heavy (non-hydrogen) atoms. The van der Waals surface area contributed by atoms with E-state index in [9.17, 15) is 14.4 Å². The maximum absolute atomic E-state index is 13.2. The number of amides is 3. The van der Waals surface area contributed by atoms with Crippen LogP contribution in [0.25, 0.3) is 0 Å². The number of para-hydroxylation sites is 2. The first-order valence-corrected chi connectivity index (χ1v) is 10.5. The summed E-state index contributed by atoms with van der Waals surface area (Å²) in [7, 11) is 1.73. The number of hydrogen-bond donors (Lipinski definition) is 2. The second-order valence-electron chi connectivity index (χ2n) is 7.87. The quantitative estimate of drug-likeness (QED) is 0.740. The van der Waals surface area contributed by atoms with Gasteiger partial charge < -0.3 is 15.5 Å². The molecule has 0 aliphatic carbocycles. The van der Waals surface area contributed by atoms with Crippen LogP contribution >= 0.6 is 11.6 Å². The van der Waals surface area contributed by atoms with E-state index in [1.54, 1.807) is 48.0 Å². The van der Waals surface area contributed by atoms with Crippen LogP contribution < -0.4 is 15.5 Å². The van der Waals surface area contributed by atoms with E-state index in [0.29, 0.717) is 22.1 Å². The lowest BCUT2D eigenvalue weighted by Crippen LogP contribution is -2.48. The highest BCUT2D eigenvalue weighted by Gasteiger charge is 2.31. The molecule has 2 aromatic carbocycles. The van der Waals surface area contributed by atoms with Crippen LogP contribution in [0.3, 0.4) is 0 Å². The van der Waals surface area contributed by atoms with Crippen LogP contribution in [-0.4, -0.2) is 48.3 Å². The molecular weight excluding hydrogens is 416 g/mol. The predicted molar refractivity (Wildman–Crippen MR) is 124 cm³/mol. The van der Waals surface area contributed by atoms with Gasteiger partial charge in [-0.15, -0.1) is 0 Å². The minimum Gasteiger partial charge on any atom is -0.324 e. The highest BCUT2D eigenvalue weighted by Crippen LogP contribution is 2.31. The third-order valence-electron chi connectivity index (χ3n) is 5.58. The predicted octanol–water partition coefficient (Wildman–Crippen LogP) is 3.67. The van der Waals surface area contributed by atoms with Gasteiger partial charge in [0.2, 0.25) is 17.7 Å². The molecule has 1 aliphatic rings. The van der Waals surface area contributed by atoms with Gasteiger partial charge >= 0.3 is 0 Å². The number of nitrogens with zero attached hydrogens (tertiary/aromatic N) is 2. The first-order valence-electron chi connectivity index (χ1n) is 10.2. The number of anilines is 3. The molecule has 0 fully saturated rings. The van der Waals surface area contributed by atoms with E-state index in [1.807, 2.05) is 32.0 Å². The topological polar surface area (TPSA) is 81.8 Å². The summed E-state index contributed by atoms with van der Waals surface area (Å²) in [5.74, 6) is -0.549. The van der Waals surface area contributed by atoms with Crippen LogP contribution in [0, 0.1) is 6.92 Å². The van der Waals surface area contributed by atoms with Crippen molar-refractivity contribution in [2.75, 3.05) is 29.1 Å². The van der Waals surface area contributed by atoms with Gasteiger partial charge in [0.15, 0.2) is 0 Å². The zero-order valence-corrected chi connectivity index (χ0v) is 18.9. The Morgan fingerprint density at radius 2 is 1.97 bits per heavy atom. The van der Waals surface area contributed by atoms with Crippen molar-refractivity contribution in [1.82, 2.24) is 4.90 Å². The van der Waals surface area contributed by atoms with Gasteiger partial charge in [0.1, 0.15) is 0 Å². The summed E-state index contributed by atoms with van der Waals surface area (Å²) in [6.45, 7) is 5.45. The van der Waals surface area contributed by atoms with E-state index in [-0.39, 0.29) is 36.7 Å². The van der Waals surface area contributed by atoms with E-state index in [0.717, 1.165) is 5.56 Å². The molecule has 7 nitrogen and oxygen atoms in total. The molecule has 0 spiro atoms. The Bertz CT molecular complexity index is 1010. The summed E-state index contributed by atoms with van der Waals surface area (Å²) in [5.41, 5.74) is 2.69. The van der Waals surface area contributed by atoms with Gasteiger partial charge in [0.25, 0.3) is 0 Å². The van der Waals surface area contributed by atoms with Crippen LogP contribution in [0.2, 0.25) is 5.02 Å². The Labute approximate surface area is 187 Å². The van der Waals surface area contributed by atoms with Crippen molar-refractivity contribution in [2.45, 2.75) is 39.3 Å². The maximum Gasteiger partial charge on any atom is 0.241 e. The van der Waals surface area contributed by atoms with Crippen LogP contribution in [0.1, 0.15) is 25.8 Å². The molecule has 0 aromatic heterocycles. The third kappa shape index (κ3) is 5.06.